The third-order valence-corrected chi connectivity index (χ3v) is 1.17. The summed E-state index contributed by atoms with van der Waals surface area (Å²) in [6.07, 6.45) is 0. The number of hydrogen-bond acceptors (Lipinski definition) is 4. The molecule has 0 fully saturated rings. The van der Waals surface area contributed by atoms with Crippen LogP contribution in [0.25, 0.3) is 0 Å². The third kappa shape index (κ3) is 2.50. The van der Waals surface area contributed by atoms with Crippen molar-refractivity contribution < 1.29 is 18.8 Å². The maximum Gasteiger partial charge on any atom is 0.727 e. The summed E-state index contributed by atoms with van der Waals surface area (Å²) in [6.45, 7) is 0. The van der Waals surface area contributed by atoms with Gasteiger partial charge in [0.05, 0.1) is 0 Å². The average molecular weight is 171 g/mol. The number of hydrogen-bond donors (Lipinski definition) is 2. The van der Waals surface area contributed by atoms with E-state index in [1.54, 1.807) is 0 Å². The summed E-state index contributed by atoms with van der Waals surface area (Å²) in [7, 11) is -1.53. The highest BCUT2D eigenvalue weighted by Crippen LogP contribution is 2.11. The van der Waals surface area contributed by atoms with E-state index in [-0.39, 0.29) is 11.6 Å². The molecule has 0 saturated carbocycles. The first-order valence-corrected chi connectivity index (χ1v) is 3.18. The first-order valence-electron chi connectivity index (χ1n) is 3.18. The van der Waals surface area contributed by atoms with Gasteiger partial charge >= 0.3 is 7.32 Å². The van der Waals surface area contributed by atoms with Gasteiger partial charge in [-0.15, -0.1) is 0 Å². The fourth-order valence-electron chi connectivity index (χ4n) is 0.657. The lowest BCUT2D eigenvalue weighted by Gasteiger charge is -2.05. The number of rotatable bonds is 3. The highest BCUT2D eigenvalue weighted by atomic mass is 19.1. The second kappa shape index (κ2) is 4.05. The largest absolute Gasteiger partial charge is 0.727 e. The number of halogens is 1. The molecule has 1 aromatic carbocycles. The van der Waals surface area contributed by atoms with Crippen molar-refractivity contribution >= 4 is 7.32 Å². The molecule has 12 heavy (non-hydrogen) atoms. The molecular weight excluding hydrogens is 164 g/mol. The van der Waals surface area contributed by atoms with Crippen LogP contribution in [-0.2, 0) is 4.76 Å². The van der Waals surface area contributed by atoms with Crippen LogP contribution in [0, 0.1) is 5.82 Å². The Morgan fingerprint density at radius 2 is 1.92 bits per heavy atom. The van der Waals surface area contributed by atoms with E-state index < -0.39 is 7.32 Å². The molecule has 0 radical (unpaired) electrons. The zero-order valence-electron chi connectivity index (χ0n) is 6.11. The minimum absolute atomic E-state index is 0.273. The maximum atomic E-state index is 12.3. The smallest absolute Gasteiger partial charge is 0.511 e. The van der Waals surface area contributed by atoms with Crippen LogP contribution < -0.4 is 10.6 Å². The first-order chi connectivity index (χ1) is 5.72. The van der Waals surface area contributed by atoms with Crippen molar-refractivity contribution in [2.75, 3.05) is 0 Å². The molecule has 0 aliphatic carbocycles. The molecular formula is C6H7BFNO3. The van der Waals surface area contributed by atoms with Crippen LogP contribution in [0.2, 0.25) is 0 Å². The Kier molecular flexibility index (Phi) is 3.04. The monoisotopic (exact) mass is 171 g/mol. The van der Waals surface area contributed by atoms with Crippen LogP contribution in [0.4, 0.5) is 4.39 Å². The molecule has 0 unspecified atom stereocenters. The fraction of sp³-hybridized carbons (Fsp3) is 0. The van der Waals surface area contributed by atoms with E-state index in [1.165, 1.54) is 24.3 Å². The Bertz CT molecular complexity index is 243. The summed E-state index contributed by atoms with van der Waals surface area (Å²) < 4.78 is 20.9. The van der Waals surface area contributed by atoms with Crippen LogP contribution in [0.3, 0.4) is 0 Å². The SMILES string of the molecule is NOB(O)Oc1ccc(F)cc1. The van der Waals surface area contributed by atoms with Gasteiger partial charge in [0.1, 0.15) is 11.6 Å². The Morgan fingerprint density at radius 1 is 1.33 bits per heavy atom. The minimum Gasteiger partial charge on any atom is -0.511 e. The van der Waals surface area contributed by atoms with E-state index in [9.17, 15) is 4.39 Å². The van der Waals surface area contributed by atoms with Gasteiger partial charge in [-0.05, 0) is 24.3 Å². The summed E-state index contributed by atoms with van der Waals surface area (Å²) in [6, 6.07) is 5.08. The van der Waals surface area contributed by atoms with E-state index >= 15 is 0 Å². The molecule has 0 aliphatic heterocycles. The van der Waals surface area contributed by atoms with E-state index in [0.29, 0.717) is 0 Å². The zero-order valence-corrected chi connectivity index (χ0v) is 6.11. The first kappa shape index (κ1) is 8.99. The van der Waals surface area contributed by atoms with Crippen molar-refractivity contribution in [3.8, 4) is 5.75 Å². The molecule has 6 heteroatoms. The van der Waals surface area contributed by atoms with Gasteiger partial charge in [-0.3, -0.25) is 4.76 Å². The maximum absolute atomic E-state index is 12.3. The lowest BCUT2D eigenvalue weighted by molar-refractivity contribution is 0.198. The molecule has 0 saturated heterocycles. The molecule has 0 atom stereocenters. The topological polar surface area (TPSA) is 64.7 Å². The fourth-order valence-corrected chi connectivity index (χ4v) is 0.657. The Labute approximate surface area is 68.8 Å². The van der Waals surface area contributed by atoms with Crippen molar-refractivity contribution in [2.24, 2.45) is 5.90 Å². The summed E-state index contributed by atoms with van der Waals surface area (Å²) in [5, 5.41) is 8.72. The van der Waals surface area contributed by atoms with Crippen molar-refractivity contribution in [1.82, 2.24) is 0 Å². The minimum atomic E-state index is -1.53. The standard InChI is InChI=1S/C6H7BFNO3/c8-5-1-3-6(4-2-5)11-7(10)12-9/h1-4,10H,9H2. The van der Waals surface area contributed by atoms with Crippen molar-refractivity contribution in [1.29, 1.82) is 0 Å². The van der Waals surface area contributed by atoms with Gasteiger partial charge < -0.3 is 9.68 Å². The van der Waals surface area contributed by atoms with Gasteiger partial charge in [0, 0.05) is 0 Å². The van der Waals surface area contributed by atoms with Crippen LogP contribution in [0.5, 0.6) is 5.75 Å². The highest BCUT2D eigenvalue weighted by molar-refractivity contribution is 6.35. The van der Waals surface area contributed by atoms with Gasteiger partial charge in [0.15, 0.2) is 0 Å². The molecule has 0 aromatic heterocycles. The lowest BCUT2D eigenvalue weighted by atomic mass is 10.2. The van der Waals surface area contributed by atoms with Crippen molar-refractivity contribution in [2.45, 2.75) is 0 Å². The zero-order chi connectivity index (χ0) is 8.97. The summed E-state index contributed by atoms with van der Waals surface area (Å²) in [5.41, 5.74) is 0. The predicted octanol–water partition coefficient (Wildman–Crippen LogP) is 0.0720. The highest BCUT2D eigenvalue weighted by Gasteiger charge is 2.16. The molecule has 3 N–H and O–H groups in total. The van der Waals surface area contributed by atoms with Gasteiger partial charge in [0.2, 0.25) is 0 Å². The van der Waals surface area contributed by atoms with Crippen LogP contribution >= 0.6 is 0 Å². The van der Waals surface area contributed by atoms with Crippen molar-refractivity contribution in [3.63, 3.8) is 0 Å². The molecule has 0 aliphatic rings. The normalized spacial score (nSPS) is 9.58. The Morgan fingerprint density at radius 3 is 2.42 bits per heavy atom. The second-order valence-corrected chi connectivity index (χ2v) is 2.01. The molecule has 64 valence electrons. The molecule has 0 bridgehead atoms. The van der Waals surface area contributed by atoms with Gasteiger partial charge in [-0.25, -0.2) is 10.3 Å². The molecule has 1 aromatic rings. The van der Waals surface area contributed by atoms with Crippen molar-refractivity contribution in [3.05, 3.63) is 30.1 Å². The van der Waals surface area contributed by atoms with Crippen LogP contribution in [-0.4, -0.2) is 12.3 Å². The molecule has 1 rings (SSSR count). The predicted molar refractivity (Wildman–Crippen MR) is 40.3 cm³/mol. The number of nitrogens with two attached hydrogens (primary N) is 1. The lowest BCUT2D eigenvalue weighted by Crippen LogP contribution is -2.29. The third-order valence-electron chi connectivity index (χ3n) is 1.17. The molecule has 4 nitrogen and oxygen atoms in total. The summed E-state index contributed by atoms with van der Waals surface area (Å²) in [5.74, 6) is 4.49. The van der Waals surface area contributed by atoms with Crippen LogP contribution in [0.1, 0.15) is 0 Å². The summed E-state index contributed by atoms with van der Waals surface area (Å²) in [4.78, 5) is 0. The van der Waals surface area contributed by atoms with E-state index in [4.69, 9.17) is 5.02 Å². The Hall–Kier alpha value is -1.11. The van der Waals surface area contributed by atoms with Gasteiger partial charge in [-0.1, -0.05) is 0 Å². The quantitative estimate of drug-likeness (QED) is 0.498. The van der Waals surface area contributed by atoms with Crippen LogP contribution in [0.15, 0.2) is 24.3 Å². The molecule has 0 heterocycles. The Balaban J connectivity index is 2.58. The molecule has 0 amide bonds. The number of benzene rings is 1. The van der Waals surface area contributed by atoms with Gasteiger partial charge in [-0.2, -0.15) is 0 Å². The summed E-state index contributed by atoms with van der Waals surface area (Å²) >= 11 is 0. The van der Waals surface area contributed by atoms with E-state index in [1.807, 2.05) is 0 Å². The van der Waals surface area contributed by atoms with E-state index in [0.717, 1.165) is 0 Å². The molecule has 0 spiro atoms. The van der Waals surface area contributed by atoms with E-state index in [2.05, 4.69) is 15.3 Å². The second-order valence-electron chi connectivity index (χ2n) is 2.01. The average Bonchev–Trinajstić information content (AvgIpc) is 2.09. The van der Waals surface area contributed by atoms with Gasteiger partial charge in [0.25, 0.3) is 0 Å².